The second-order valence-electron chi connectivity index (χ2n) is 5.93. The zero-order chi connectivity index (χ0) is 15.2. The van der Waals surface area contributed by atoms with Crippen LogP contribution in [0.15, 0.2) is 65.6 Å². The number of halogens is 1. The van der Waals surface area contributed by atoms with Crippen molar-refractivity contribution < 1.29 is 0 Å². The Morgan fingerprint density at radius 3 is 2.26 bits per heavy atom. The summed E-state index contributed by atoms with van der Waals surface area (Å²) >= 11 is 1.94. The van der Waals surface area contributed by atoms with Crippen molar-refractivity contribution in [3.63, 3.8) is 0 Å². The number of thioether (sulfide) groups is 1. The van der Waals surface area contributed by atoms with Crippen LogP contribution in [0.1, 0.15) is 11.5 Å². The van der Waals surface area contributed by atoms with Gasteiger partial charge >= 0.3 is 0 Å². The normalized spacial score (nSPS) is 21.1. The molecule has 2 N–H and O–H groups in total. The molecule has 124 valence electrons. The van der Waals surface area contributed by atoms with Gasteiger partial charge in [0.15, 0.2) is 0 Å². The van der Waals surface area contributed by atoms with E-state index in [0.29, 0.717) is 11.8 Å². The van der Waals surface area contributed by atoms with Crippen molar-refractivity contribution in [1.82, 2.24) is 4.90 Å². The third kappa shape index (κ3) is 4.98. The Morgan fingerprint density at radius 2 is 1.61 bits per heavy atom. The topological polar surface area (TPSA) is 29.3 Å². The second-order valence-corrected chi connectivity index (χ2v) is 7.10. The first-order valence-electron chi connectivity index (χ1n) is 8.02. The molecule has 0 spiro atoms. The standard InChI is InChI=1S/C19H24N2S.ClH/c20-13-17-14-21(11-12-22-18-9-5-2-6-10-18)15-19(17)16-7-3-1-4-8-16;/h1-10,17,19H,11-15,20H2;1H/t17-,19+;/m1./s1. The Kier molecular flexibility index (Phi) is 7.44. The van der Waals surface area contributed by atoms with Crippen LogP contribution in [0.5, 0.6) is 0 Å². The SMILES string of the molecule is Cl.NC[C@@H]1CN(CCSc2ccccc2)C[C@H]1c1ccccc1. The van der Waals surface area contributed by atoms with Crippen LogP contribution in [0.25, 0.3) is 0 Å². The van der Waals surface area contributed by atoms with Gasteiger partial charge in [-0.25, -0.2) is 0 Å². The molecule has 1 saturated heterocycles. The number of nitrogens with two attached hydrogens (primary N) is 1. The summed E-state index contributed by atoms with van der Waals surface area (Å²) < 4.78 is 0. The maximum Gasteiger partial charge on any atom is 0.0108 e. The second kappa shape index (κ2) is 9.33. The highest BCUT2D eigenvalue weighted by atomic mass is 35.5. The molecule has 23 heavy (non-hydrogen) atoms. The average molecular weight is 349 g/mol. The van der Waals surface area contributed by atoms with E-state index in [1.165, 1.54) is 10.5 Å². The molecule has 4 heteroatoms. The Morgan fingerprint density at radius 1 is 0.957 bits per heavy atom. The highest BCUT2D eigenvalue weighted by Crippen LogP contribution is 2.32. The third-order valence-electron chi connectivity index (χ3n) is 4.47. The smallest absolute Gasteiger partial charge is 0.0108 e. The molecule has 3 rings (SSSR count). The number of likely N-dealkylation sites (tertiary alicyclic amines) is 1. The van der Waals surface area contributed by atoms with E-state index in [-0.39, 0.29) is 12.4 Å². The lowest BCUT2D eigenvalue weighted by molar-refractivity contribution is 0.345. The quantitative estimate of drug-likeness (QED) is 0.803. The summed E-state index contributed by atoms with van der Waals surface area (Å²) in [6, 6.07) is 21.5. The first kappa shape index (κ1) is 18.3. The summed E-state index contributed by atoms with van der Waals surface area (Å²) in [5.74, 6) is 2.32. The molecule has 0 aliphatic carbocycles. The van der Waals surface area contributed by atoms with Crippen molar-refractivity contribution in [2.45, 2.75) is 10.8 Å². The predicted molar refractivity (Wildman–Crippen MR) is 103 cm³/mol. The molecule has 2 aromatic rings. The molecule has 0 radical (unpaired) electrons. The van der Waals surface area contributed by atoms with E-state index in [0.717, 1.165) is 31.9 Å². The maximum absolute atomic E-state index is 6.01. The summed E-state index contributed by atoms with van der Waals surface area (Å²) in [6.45, 7) is 4.19. The Labute approximate surface area is 149 Å². The third-order valence-corrected chi connectivity index (χ3v) is 5.46. The van der Waals surface area contributed by atoms with E-state index in [1.807, 2.05) is 11.8 Å². The molecule has 2 nitrogen and oxygen atoms in total. The number of hydrogen-bond acceptors (Lipinski definition) is 3. The van der Waals surface area contributed by atoms with Gasteiger partial charge in [-0.05, 0) is 30.2 Å². The van der Waals surface area contributed by atoms with Gasteiger partial charge in [-0.1, -0.05) is 48.5 Å². The molecule has 1 aliphatic heterocycles. The van der Waals surface area contributed by atoms with Gasteiger partial charge in [0.1, 0.15) is 0 Å². The molecule has 0 unspecified atom stereocenters. The van der Waals surface area contributed by atoms with Crippen LogP contribution in [0, 0.1) is 5.92 Å². The lowest BCUT2D eigenvalue weighted by Crippen LogP contribution is -2.25. The highest BCUT2D eigenvalue weighted by molar-refractivity contribution is 7.99. The fourth-order valence-corrected chi connectivity index (χ4v) is 4.20. The summed E-state index contributed by atoms with van der Waals surface area (Å²) in [5.41, 5.74) is 7.45. The van der Waals surface area contributed by atoms with Gasteiger partial charge in [0, 0.05) is 36.2 Å². The van der Waals surface area contributed by atoms with E-state index in [4.69, 9.17) is 5.73 Å². The van der Waals surface area contributed by atoms with E-state index >= 15 is 0 Å². The molecule has 0 amide bonds. The Hall–Kier alpha value is -1.00. The Balaban J connectivity index is 0.00000192. The molecule has 0 bridgehead atoms. The van der Waals surface area contributed by atoms with Crippen molar-refractivity contribution in [3.8, 4) is 0 Å². The first-order valence-corrected chi connectivity index (χ1v) is 9.00. The minimum Gasteiger partial charge on any atom is -0.330 e. The van der Waals surface area contributed by atoms with E-state index in [2.05, 4.69) is 65.6 Å². The molecule has 0 saturated carbocycles. The van der Waals surface area contributed by atoms with E-state index in [9.17, 15) is 0 Å². The van der Waals surface area contributed by atoms with Crippen LogP contribution in [-0.4, -0.2) is 36.8 Å². The van der Waals surface area contributed by atoms with Gasteiger partial charge in [-0.15, -0.1) is 24.2 Å². The van der Waals surface area contributed by atoms with Crippen LogP contribution in [-0.2, 0) is 0 Å². The maximum atomic E-state index is 6.01. The van der Waals surface area contributed by atoms with Crippen LogP contribution in [0.4, 0.5) is 0 Å². The zero-order valence-electron chi connectivity index (χ0n) is 13.3. The molecule has 0 aromatic heterocycles. The summed E-state index contributed by atoms with van der Waals surface area (Å²) in [5, 5.41) is 0. The van der Waals surface area contributed by atoms with Crippen molar-refractivity contribution in [2.24, 2.45) is 11.7 Å². The molecule has 1 aliphatic rings. The predicted octanol–water partition coefficient (Wildman–Crippen LogP) is 3.87. The van der Waals surface area contributed by atoms with Gasteiger partial charge in [0.2, 0.25) is 0 Å². The molecule has 2 atom stereocenters. The summed E-state index contributed by atoms with van der Waals surface area (Å²) in [4.78, 5) is 3.93. The lowest BCUT2D eigenvalue weighted by atomic mass is 9.89. The van der Waals surface area contributed by atoms with E-state index in [1.54, 1.807) is 0 Å². The highest BCUT2D eigenvalue weighted by Gasteiger charge is 2.32. The monoisotopic (exact) mass is 348 g/mol. The summed E-state index contributed by atoms with van der Waals surface area (Å²) in [6.07, 6.45) is 0. The minimum atomic E-state index is 0. The molecular formula is C19H25ClN2S. The van der Waals surface area contributed by atoms with Gasteiger partial charge in [0.25, 0.3) is 0 Å². The number of benzene rings is 2. The lowest BCUT2D eigenvalue weighted by Gasteiger charge is -2.16. The summed E-state index contributed by atoms with van der Waals surface area (Å²) in [7, 11) is 0. The van der Waals surface area contributed by atoms with Crippen molar-refractivity contribution in [2.75, 3.05) is 31.9 Å². The van der Waals surface area contributed by atoms with Gasteiger partial charge in [-0.2, -0.15) is 0 Å². The van der Waals surface area contributed by atoms with Crippen LogP contribution in [0.3, 0.4) is 0 Å². The van der Waals surface area contributed by atoms with Crippen LogP contribution >= 0.6 is 24.2 Å². The van der Waals surface area contributed by atoms with Crippen LogP contribution < -0.4 is 5.73 Å². The molecular weight excluding hydrogens is 324 g/mol. The van der Waals surface area contributed by atoms with Crippen molar-refractivity contribution >= 4 is 24.2 Å². The number of nitrogens with zero attached hydrogens (tertiary/aromatic N) is 1. The Bertz CT molecular complexity index is 564. The fourth-order valence-electron chi connectivity index (χ4n) is 3.27. The number of rotatable bonds is 6. The zero-order valence-corrected chi connectivity index (χ0v) is 14.9. The largest absolute Gasteiger partial charge is 0.330 e. The number of hydrogen-bond donors (Lipinski definition) is 1. The van der Waals surface area contributed by atoms with Gasteiger partial charge in [-0.3, -0.25) is 0 Å². The average Bonchev–Trinajstić information content (AvgIpc) is 3.00. The fraction of sp³-hybridized carbons (Fsp3) is 0.368. The first-order chi connectivity index (χ1) is 10.9. The molecule has 2 aromatic carbocycles. The minimum absolute atomic E-state index is 0. The van der Waals surface area contributed by atoms with Crippen molar-refractivity contribution in [1.29, 1.82) is 0 Å². The molecule has 1 fully saturated rings. The van der Waals surface area contributed by atoms with Gasteiger partial charge in [0.05, 0.1) is 0 Å². The van der Waals surface area contributed by atoms with Gasteiger partial charge < -0.3 is 10.6 Å². The van der Waals surface area contributed by atoms with E-state index < -0.39 is 0 Å². The van der Waals surface area contributed by atoms with Crippen LogP contribution in [0.2, 0.25) is 0 Å². The van der Waals surface area contributed by atoms with Crippen molar-refractivity contribution in [3.05, 3.63) is 66.2 Å². The molecule has 1 heterocycles.